The van der Waals surface area contributed by atoms with Crippen molar-refractivity contribution in [2.24, 2.45) is 0 Å². The Labute approximate surface area is 119 Å². The first-order chi connectivity index (χ1) is 7.45. The second kappa shape index (κ2) is 6.07. The average Bonchev–Trinajstić information content (AvgIpc) is 2.22. The molecule has 0 aliphatic rings. The van der Waals surface area contributed by atoms with Crippen LogP contribution in [-0.2, 0) is 0 Å². The lowest BCUT2D eigenvalue weighted by Crippen LogP contribution is -2.32. The SMILES string of the molecule is CCC(C)NC(=O)c1cc(Cl)cc(Cl)c1I. The fraction of sp³-hybridized carbons (Fsp3) is 0.364. The smallest absolute Gasteiger partial charge is 0.252 e. The van der Waals surface area contributed by atoms with Crippen LogP contribution in [0.25, 0.3) is 0 Å². The molecule has 0 heterocycles. The summed E-state index contributed by atoms with van der Waals surface area (Å²) in [7, 11) is 0. The molecule has 2 nitrogen and oxygen atoms in total. The predicted octanol–water partition coefficient (Wildman–Crippen LogP) is 4.13. The predicted molar refractivity (Wildman–Crippen MR) is 76.4 cm³/mol. The van der Waals surface area contributed by atoms with E-state index in [4.69, 9.17) is 23.2 Å². The van der Waals surface area contributed by atoms with Crippen LogP contribution in [0.3, 0.4) is 0 Å². The number of rotatable bonds is 3. The molecule has 1 aromatic carbocycles. The highest BCUT2D eigenvalue weighted by Crippen LogP contribution is 2.26. The van der Waals surface area contributed by atoms with Crippen molar-refractivity contribution in [3.05, 3.63) is 31.3 Å². The van der Waals surface area contributed by atoms with E-state index in [0.717, 1.165) is 9.99 Å². The topological polar surface area (TPSA) is 29.1 Å². The monoisotopic (exact) mass is 371 g/mol. The molecule has 1 amide bonds. The molecule has 0 saturated heterocycles. The molecule has 0 aliphatic heterocycles. The van der Waals surface area contributed by atoms with Gasteiger partial charge in [0, 0.05) is 14.6 Å². The number of hydrogen-bond acceptors (Lipinski definition) is 1. The molecular formula is C11H12Cl2INO. The number of halogens is 3. The summed E-state index contributed by atoms with van der Waals surface area (Å²) >= 11 is 13.9. The van der Waals surface area contributed by atoms with Gasteiger partial charge in [-0.3, -0.25) is 4.79 Å². The first kappa shape index (κ1) is 14.1. The minimum Gasteiger partial charge on any atom is -0.350 e. The van der Waals surface area contributed by atoms with Crippen molar-refractivity contribution in [3.63, 3.8) is 0 Å². The standard InChI is InChI=1S/C11H12Cl2INO/c1-3-6(2)15-11(16)8-4-7(12)5-9(13)10(8)14/h4-6H,3H2,1-2H3,(H,15,16). The molecule has 1 unspecified atom stereocenters. The largest absolute Gasteiger partial charge is 0.350 e. The summed E-state index contributed by atoms with van der Waals surface area (Å²) in [6.07, 6.45) is 0.886. The van der Waals surface area contributed by atoms with Gasteiger partial charge < -0.3 is 5.32 Å². The number of nitrogens with one attached hydrogen (secondary N) is 1. The van der Waals surface area contributed by atoms with Crippen LogP contribution in [0.4, 0.5) is 0 Å². The molecule has 0 fully saturated rings. The van der Waals surface area contributed by atoms with Gasteiger partial charge in [-0.2, -0.15) is 0 Å². The minimum atomic E-state index is -0.136. The maximum Gasteiger partial charge on any atom is 0.252 e. The third-order valence-electron chi connectivity index (χ3n) is 2.23. The van der Waals surface area contributed by atoms with Gasteiger partial charge in [0.2, 0.25) is 0 Å². The van der Waals surface area contributed by atoms with Gasteiger partial charge in [-0.15, -0.1) is 0 Å². The Bertz CT molecular complexity index is 409. The third kappa shape index (κ3) is 3.50. The Kier molecular flexibility index (Phi) is 5.34. The van der Waals surface area contributed by atoms with E-state index >= 15 is 0 Å². The molecule has 0 radical (unpaired) electrons. The summed E-state index contributed by atoms with van der Waals surface area (Å²) in [5.41, 5.74) is 0.526. The molecule has 0 saturated carbocycles. The van der Waals surface area contributed by atoms with Gasteiger partial charge in [0.25, 0.3) is 5.91 Å². The zero-order valence-electron chi connectivity index (χ0n) is 8.98. The molecule has 5 heteroatoms. The number of benzene rings is 1. The second-order valence-electron chi connectivity index (χ2n) is 3.53. The van der Waals surface area contributed by atoms with Crippen LogP contribution in [0.1, 0.15) is 30.6 Å². The Morgan fingerprint density at radius 3 is 2.69 bits per heavy atom. The van der Waals surface area contributed by atoms with Crippen LogP contribution in [0.5, 0.6) is 0 Å². The van der Waals surface area contributed by atoms with Crippen LogP contribution < -0.4 is 5.32 Å². The van der Waals surface area contributed by atoms with Crippen LogP contribution in [0.2, 0.25) is 10.0 Å². The van der Waals surface area contributed by atoms with Crippen molar-refractivity contribution >= 4 is 51.7 Å². The number of carbonyl (C=O) groups excluding carboxylic acids is 1. The summed E-state index contributed by atoms with van der Waals surface area (Å²) in [5.74, 6) is -0.136. The van der Waals surface area contributed by atoms with Gasteiger partial charge in [0.05, 0.1) is 10.6 Å². The lowest BCUT2D eigenvalue weighted by Gasteiger charge is -2.13. The Hall–Kier alpha value is -0.000000000000000111. The molecule has 0 bridgehead atoms. The van der Waals surface area contributed by atoms with Crippen LogP contribution in [-0.4, -0.2) is 11.9 Å². The molecule has 1 atom stereocenters. The molecule has 1 rings (SSSR count). The van der Waals surface area contributed by atoms with E-state index in [2.05, 4.69) is 5.32 Å². The minimum absolute atomic E-state index is 0.136. The van der Waals surface area contributed by atoms with Gasteiger partial charge in [0.1, 0.15) is 0 Å². The lowest BCUT2D eigenvalue weighted by atomic mass is 10.2. The maximum atomic E-state index is 11.9. The highest BCUT2D eigenvalue weighted by molar-refractivity contribution is 14.1. The Balaban J connectivity index is 2.99. The van der Waals surface area contributed by atoms with E-state index in [9.17, 15) is 4.79 Å². The van der Waals surface area contributed by atoms with Gasteiger partial charge in [0.15, 0.2) is 0 Å². The van der Waals surface area contributed by atoms with E-state index in [0.29, 0.717) is 15.6 Å². The van der Waals surface area contributed by atoms with E-state index < -0.39 is 0 Å². The number of hydrogen-bond donors (Lipinski definition) is 1. The van der Waals surface area contributed by atoms with Crippen molar-refractivity contribution in [1.29, 1.82) is 0 Å². The summed E-state index contributed by atoms with van der Waals surface area (Å²) < 4.78 is 0.726. The van der Waals surface area contributed by atoms with Crippen molar-refractivity contribution in [2.75, 3.05) is 0 Å². The van der Waals surface area contributed by atoms with Crippen molar-refractivity contribution in [1.82, 2.24) is 5.32 Å². The lowest BCUT2D eigenvalue weighted by molar-refractivity contribution is 0.0938. The maximum absolute atomic E-state index is 11.9. The average molecular weight is 372 g/mol. The van der Waals surface area contributed by atoms with Gasteiger partial charge >= 0.3 is 0 Å². The van der Waals surface area contributed by atoms with Crippen LogP contribution in [0.15, 0.2) is 12.1 Å². The van der Waals surface area contributed by atoms with E-state index in [1.807, 2.05) is 36.4 Å². The summed E-state index contributed by atoms with van der Waals surface area (Å²) in [4.78, 5) is 11.9. The number of carbonyl (C=O) groups is 1. The van der Waals surface area contributed by atoms with Gasteiger partial charge in [-0.05, 0) is 48.1 Å². The number of amides is 1. The highest BCUT2D eigenvalue weighted by Gasteiger charge is 2.15. The molecule has 0 aromatic heterocycles. The Morgan fingerprint density at radius 1 is 1.50 bits per heavy atom. The zero-order chi connectivity index (χ0) is 12.3. The molecule has 1 aromatic rings. The highest BCUT2D eigenvalue weighted by atomic mass is 127. The van der Waals surface area contributed by atoms with Crippen LogP contribution >= 0.6 is 45.8 Å². The van der Waals surface area contributed by atoms with Crippen molar-refractivity contribution < 1.29 is 4.79 Å². The molecule has 1 N–H and O–H groups in total. The van der Waals surface area contributed by atoms with E-state index in [1.54, 1.807) is 12.1 Å². The normalized spacial score (nSPS) is 12.3. The second-order valence-corrected chi connectivity index (χ2v) is 5.45. The molecule has 16 heavy (non-hydrogen) atoms. The summed E-state index contributed by atoms with van der Waals surface area (Å²) in [6, 6.07) is 3.40. The van der Waals surface area contributed by atoms with Crippen molar-refractivity contribution in [3.8, 4) is 0 Å². The molecule has 0 aliphatic carbocycles. The fourth-order valence-electron chi connectivity index (χ4n) is 1.12. The molecule has 0 spiro atoms. The summed E-state index contributed by atoms with van der Waals surface area (Å²) in [5, 5.41) is 3.85. The summed E-state index contributed by atoms with van der Waals surface area (Å²) in [6.45, 7) is 3.97. The first-order valence-electron chi connectivity index (χ1n) is 4.91. The van der Waals surface area contributed by atoms with Gasteiger partial charge in [-0.1, -0.05) is 30.1 Å². The quantitative estimate of drug-likeness (QED) is 0.628. The van der Waals surface area contributed by atoms with E-state index in [-0.39, 0.29) is 11.9 Å². The van der Waals surface area contributed by atoms with Crippen molar-refractivity contribution in [2.45, 2.75) is 26.3 Å². The first-order valence-corrected chi connectivity index (χ1v) is 6.74. The Morgan fingerprint density at radius 2 is 2.12 bits per heavy atom. The zero-order valence-corrected chi connectivity index (χ0v) is 12.7. The molecular weight excluding hydrogens is 360 g/mol. The molecule has 88 valence electrons. The van der Waals surface area contributed by atoms with Crippen LogP contribution in [0, 0.1) is 3.57 Å². The van der Waals surface area contributed by atoms with Gasteiger partial charge in [-0.25, -0.2) is 0 Å². The van der Waals surface area contributed by atoms with E-state index in [1.165, 1.54) is 0 Å². The third-order valence-corrected chi connectivity index (χ3v) is 4.22. The fourth-order valence-corrected chi connectivity index (χ4v) is 2.17.